The molecule has 20 heavy (non-hydrogen) atoms. The molecule has 0 radical (unpaired) electrons. The second-order valence-electron chi connectivity index (χ2n) is 5.11. The van der Waals surface area contributed by atoms with Crippen LogP contribution in [0.3, 0.4) is 0 Å². The van der Waals surface area contributed by atoms with Gasteiger partial charge in [0, 0.05) is 24.3 Å². The third-order valence-corrected chi connectivity index (χ3v) is 6.17. The summed E-state index contributed by atoms with van der Waals surface area (Å²) in [6, 6.07) is -0.776. The van der Waals surface area contributed by atoms with E-state index >= 15 is 0 Å². The second-order valence-corrected chi connectivity index (χ2v) is 7.80. The lowest BCUT2D eigenvalue weighted by Gasteiger charge is -2.37. The molecule has 7 heteroatoms. The minimum Gasteiger partial charge on any atom is -0.480 e. The molecule has 0 aromatic rings. The quantitative estimate of drug-likeness (QED) is 0.836. The Labute approximate surface area is 127 Å². The first kappa shape index (κ1) is 17.4. The fraction of sp³-hybridized carbons (Fsp3) is 0.769. The number of carbonyl (C=O) groups is 3. The summed E-state index contributed by atoms with van der Waals surface area (Å²) in [6.07, 6.45) is 0.694. The van der Waals surface area contributed by atoms with E-state index in [0.29, 0.717) is 17.9 Å². The highest BCUT2D eigenvalue weighted by Gasteiger charge is 2.49. The lowest BCUT2D eigenvalue weighted by molar-refractivity contribution is -0.152. The van der Waals surface area contributed by atoms with Crippen LogP contribution in [0.1, 0.15) is 34.1 Å². The van der Waals surface area contributed by atoms with Gasteiger partial charge in [0.2, 0.25) is 5.91 Å². The van der Waals surface area contributed by atoms with Crippen molar-refractivity contribution in [1.82, 2.24) is 4.90 Å². The Bertz CT molecular complexity index is 415. The Morgan fingerprint density at radius 1 is 1.50 bits per heavy atom. The third kappa shape index (κ3) is 3.69. The van der Waals surface area contributed by atoms with Crippen molar-refractivity contribution in [2.45, 2.75) is 45.0 Å². The van der Waals surface area contributed by atoms with Crippen LogP contribution in [-0.2, 0) is 14.4 Å². The Balaban J connectivity index is 2.89. The Morgan fingerprint density at radius 2 is 2.10 bits per heavy atom. The molecule has 1 heterocycles. The molecule has 5 nitrogen and oxygen atoms in total. The summed E-state index contributed by atoms with van der Waals surface area (Å²) in [6.45, 7) is 7.07. The van der Waals surface area contributed by atoms with E-state index < -0.39 is 16.9 Å². The molecule has 0 spiro atoms. The first-order valence-corrected chi connectivity index (χ1v) is 8.53. The summed E-state index contributed by atoms with van der Waals surface area (Å²) in [4.78, 5) is 35.9. The van der Waals surface area contributed by atoms with Crippen molar-refractivity contribution in [2.24, 2.45) is 5.92 Å². The second kappa shape index (κ2) is 6.85. The van der Waals surface area contributed by atoms with Gasteiger partial charge in [-0.2, -0.15) is 0 Å². The van der Waals surface area contributed by atoms with Gasteiger partial charge in [0.25, 0.3) is 0 Å². The lowest BCUT2D eigenvalue weighted by atomic mass is 10.1. The van der Waals surface area contributed by atoms with Gasteiger partial charge in [-0.3, -0.25) is 9.59 Å². The molecule has 114 valence electrons. The highest BCUT2D eigenvalue weighted by Crippen LogP contribution is 2.42. The van der Waals surface area contributed by atoms with E-state index in [9.17, 15) is 19.5 Å². The van der Waals surface area contributed by atoms with E-state index in [4.69, 9.17) is 0 Å². The number of carboxylic acid groups (broad SMARTS) is 1. The predicted octanol–water partition coefficient (Wildman–Crippen LogP) is 2.06. The van der Waals surface area contributed by atoms with Crippen molar-refractivity contribution < 1.29 is 19.5 Å². The first-order chi connectivity index (χ1) is 9.23. The van der Waals surface area contributed by atoms with Crippen LogP contribution in [0.25, 0.3) is 0 Å². The van der Waals surface area contributed by atoms with Crippen LogP contribution in [0.4, 0.5) is 0 Å². The van der Waals surface area contributed by atoms with E-state index in [0.717, 1.165) is 11.8 Å². The molecule has 3 unspecified atom stereocenters. The normalized spacial score (nSPS) is 27.4. The molecule has 0 aromatic heterocycles. The van der Waals surface area contributed by atoms with Gasteiger partial charge in [-0.15, -0.1) is 11.8 Å². The fourth-order valence-corrected chi connectivity index (χ4v) is 4.12. The van der Waals surface area contributed by atoms with Crippen LogP contribution in [0.2, 0.25) is 0 Å². The summed E-state index contributed by atoms with van der Waals surface area (Å²) >= 11 is 2.61. The maximum Gasteiger partial charge on any atom is 0.327 e. The number of rotatable bonds is 5. The van der Waals surface area contributed by atoms with Crippen molar-refractivity contribution in [3.05, 3.63) is 0 Å². The molecular formula is C13H21NO4S2. The average Bonchev–Trinajstić information content (AvgIpc) is 2.73. The molecule has 0 bridgehead atoms. The SMILES string of the molecule is CCC1(C)SCC(C(=O)O)N1C(=O)C(C)CSC(C)=O. The van der Waals surface area contributed by atoms with E-state index in [1.165, 1.54) is 23.6 Å². The zero-order chi connectivity index (χ0) is 15.5. The predicted molar refractivity (Wildman–Crippen MR) is 81.7 cm³/mol. The molecule has 0 aliphatic carbocycles. The number of hydrogen-bond acceptors (Lipinski definition) is 5. The van der Waals surface area contributed by atoms with Gasteiger partial charge >= 0.3 is 5.97 Å². The van der Waals surface area contributed by atoms with Gasteiger partial charge in [-0.1, -0.05) is 25.6 Å². The van der Waals surface area contributed by atoms with E-state index in [1.54, 1.807) is 6.92 Å². The number of carboxylic acids is 1. The van der Waals surface area contributed by atoms with Crippen LogP contribution >= 0.6 is 23.5 Å². The average molecular weight is 319 g/mol. The molecule has 3 atom stereocenters. The monoisotopic (exact) mass is 319 g/mol. The summed E-state index contributed by atoms with van der Waals surface area (Å²) in [7, 11) is 0. The summed E-state index contributed by atoms with van der Waals surface area (Å²) in [5.74, 6) is -0.704. The third-order valence-electron chi connectivity index (χ3n) is 3.51. The number of aliphatic carboxylic acids is 1. The maximum atomic E-state index is 12.6. The van der Waals surface area contributed by atoms with Crippen molar-refractivity contribution in [3.63, 3.8) is 0 Å². The zero-order valence-electron chi connectivity index (χ0n) is 12.2. The molecule has 0 saturated carbocycles. The highest BCUT2D eigenvalue weighted by atomic mass is 32.2. The number of carbonyl (C=O) groups excluding carboxylic acids is 2. The van der Waals surface area contributed by atoms with Crippen LogP contribution in [0, 0.1) is 5.92 Å². The topological polar surface area (TPSA) is 74.7 Å². The number of nitrogens with zero attached hydrogens (tertiary/aromatic N) is 1. The molecule has 1 amide bonds. The first-order valence-electron chi connectivity index (χ1n) is 6.56. The van der Waals surface area contributed by atoms with Gasteiger partial charge in [0.05, 0.1) is 4.87 Å². The minimum absolute atomic E-state index is 0.0338. The van der Waals surface area contributed by atoms with Crippen LogP contribution in [-0.4, -0.2) is 49.4 Å². The van der Waals surface area contributed by atoms with E-state index in [-0.39, 0.29) is 16.9 Å². The molecule has 1 rings (SSSR count). The molecule has 1 saturated heterocycles. The smallest absolute Gasteiger partial charge is 0.327 e. The number of thioether (sulfide) groups is 2. The van der Waals surface area contributed by atoms with Gasteiger partial charge in [0.1, 0.15) is 6.04 Å². The Kier molecular flexibility index (Phi) is 5.94. The molecule has 1 fully saturated rings. The maximum absolute atomic E-state index is 12.6. The van der Waals surface area contributed by atoms with Crippen molar-refractivity contribution in [2.75, 3.05) is 11.5 Å². The Hall–Kier alpha value is -0.690. The standard InChI is InChI=1S/C13H21NO4S2/c1-5-13(4)14(10(7-20-13)12(17)18)11(16)8(2)6-19-9(3)15/h8,10H,5-7H2,1-4H3,(H,17,18). The van der Waals surface area contributed by atoms with Crippen molar-refractivity contribution in [1.29, 1.82) is 0 Å². The molecular weight excluding hydrogens is 298 g/mol. The summed E-state index contributed by atoms with van der Waals surface area (Å²) < 4.78 is 0. The summed E-state index contributed by atoms with van der Waals surface area (Å²) in [5, 5.41) is 9.26. The number of amides is 1. The van der Waals surface area contributed by atoms with Gasteiger partial charge in [0.15, 0.2) is 5.12 Å². The summed E-state index contributed by atoms with van der Waals surface area (Å²) in [5.41, 5.74) is 0. The fourth-order valence-electron chi connectivity index (χ4n) is 2.12. The molecule has 0 aromatic carbocycles. The molecule has 1 N–H and O–H groups in total. The molecule has 1 aliphatic heterocycles. The molecule has 1 aliphatic rings. The van der Waals surface area contributed by atoms with Crippen LogP contribution in [0.5, 0.6) is 0 Å². The largest absolute Gasteiger partial charge is 0.480 e. The van der Waals surface area contributed by atoms with Crippen molar-refractivity contribution in [3.8, 4) is 0 Å². The zero-order valence-corrected chi connectivity index (χ0v) is 13.8. The Morgan fingerprint density at radius 3 is 2.55 bits per heavy atom. The number of hydrogen-bond donors (Lipinski definition) is 1. The van der Waals surface area contributed by atoms with Gasteiger partial charge in [-0.25, -0.2) is 4.79 Å². The lowest BCUT2D eigenvalue weighted by Crippen LogP contribution is -2.53. The van der Waals surface area contributed by atoms with Crippen molar-refractivity contribution >= 4 is 40.5 Å². The highest BCUT2D eigenvalue weighted by molar-refractivity contribution is 8.13. The van der Waals surface area contributed by atoms with Crippen LogP contribution in [0.15, 0.2) is 0 Å². The van der Waals surface area contributed by atoms with E-state index in [1.807, 2.05) is 13.8 Å². The van der Waals surface area contributed by atoms with Gasteiger partial charge in [-0.05, 0) is 13.3 Å². The van der Waals surface area contributed by atoms with Gasteiger partial charge < -0.3 is 10.0 Å². The minimum atomic E-state index is -0.963. The van der Waals surface area contributed by atoms with E-state index in [2.05, 4.69) is 0 Å². The van der Waals surface area contributed by atoms with Crippen LogP contribution < -0.4 is 0 Å².